The summed E-state index contributed by atoms with van der Waals surface area (Å²) in [7, 11) is 0. The van der Waals surface area contributed by atoms with Crippen LogP contribution in [0.25, 0.3) is 11.0 Å². The third-order valence-corrected chi connectivity index (χ3v) is 5.45. The first kappa shape index (κ1) is 15.4. The average molecular weight is 317 g/mol. The van der Waals surface area contributed by atoms with Gasteiger partial charge in [-0.05, 0) is 37.8 Å². The molecule has 2 aromatic rings. The van der Waals surface area contributed by atoms with Gasteiger partial charge in [-0.15, -0.1) is 0 Å². The molecule has 1 aromatic heterocycles. The normalized spacial score (nSPS) is 23.4. The number of fused-ring (bicyclic) bond motifs is 1. The fourth-order valence-corrected chi connectivity index (χ4v) is 3.87. The molecule has 1 amide bonds. The molecule has 3 atom stereocenters. The number of para-hydroxylation sites is 2. The maximum Gasteiger partial charge on any atom is 0.233 e. The van der Waals surface area contributed by atoms with E-state index in [1.807, 2.05) is 31.2 Å². The van der Waals surface area contributed by atoms with Gasteiger partial charge in [0.25, 0.3) is 0 Å². The second kappa shape index (κ2) is 6.73. The van der Waals surface area contributed by atoms with Crippen LogP contribution in [0.4, 0.5) is 0 Å². The number of H-pyrrole nitrogens is 1. The van der Waals surface area contributed by atoms with Gasteiger partial charge in [0.1, 0.15) is 0 Å². The molecule has 3 rings (SSSR count). The van der Waals surface area contributed by atoms with Crippen LogP contribution < -0.4 is 5.32 Å². The number of benzene rings is 1. The summed E-state index contributed by atoms with van der Waals surface area (Å²) in [5, 5.41) is 3.88. The second-order valence-corrected chi connectivity index (χ2v) is 7.53. The maximum atomic E-state index is 12.4. The van der Waals surface area contributed by atoms with Crippen molar-refractivity contribution in [1.29, 1.82) is 0 Å². The van der Waals surface area contributed by atoms with Crippen molar-refractivity contribution in [3.63, 3.8) is 0 Å². The topological polar surface area (TPSA) is 57.8 Å². The lowest BCUT2D eigenvalue weighted by molar-refractivity contribution is -0.121. The number of carbonyl (C=O) groups excluding carboxylic acids is 1. The van der Waals surface area contributed by atoms with Gasteiger partial charge in [-0.3, -0.25) is 4.79 Å². The van der Waals surface area contributed by atoms with Crippen LogP contribution in [0.5, 0.6) is 0 Å². The second-order valence-electron chi connectivity index (χ2n) is 6.20. The molecular weight excluding hydrogens is 294 g/mol. The quantitative estimate of drug-likeness (QED) is 0.845. The Bertz CT molecular complexity index is 621. The molecule has 2 N–H and O–H groups in total. The first-order chi connectivity index (χ1) is 10.6. The Labute approximate surface area is 135 Å². The van der Waals surface area contributed by atoms with Gasteiger partial charge in [0.05, 0.1) is 16.3 Å². The molecule has 0 aliphatic heterocycles. The Morgan fingerprint density at radius 1 is 1.36 bits per heavy atom. The number of carbonyl (C=O) groups is 1. The highest BCUT2D eigenvalue weighted by molar-refractivity contribution is 8.00. The molecule has 0 unspecified atom stereocenters. The Hall–Kier alpha value is -1.49. The molecule has 118 valence electrons. The summed E-state index contributed by atoms with van der Waals surface area (Å²) in [6.07, 6.45) is 4.84. The van der Waals surface area contributed by atoms with Gasteiger partial charge in [-0.1, -0.05) is 43.7 Å². The third-order valence-electron chi connectivity index (χ3n) is 4.46. The van der Waals surface area contributed by atoms with Crippen LogP contribution in [0.1, 0.15) is 39.5 Å². The molecular formula is C17H23N3OS. The third kappa shape index (κ3) is 3.46. The number of hydrogen-bond acceptors (Lipinski definition) is 3. The summed E-state index contributed by atoms with van der Waals surface area (Å²) in [4.78, 5) is 20.2. The Balaban J connectivity index is 1.60. The van der Waals surface area contributed by atoms with E-state index in [1.165, 1.54) is 31.0 Å². The standard InChI is InChI=1S/C17H23N3OS/c1-11-7-3-4-8-13(11)18-16(21)12(2)22-17-19-14-9-5-6-10-15(14)20-17/h5-6,9-13H,3-4,7-8H2,1-2H3,(H,18,21)(H,19,20)/t11-,12+,13-/m1/s1. The highest BCUT2D eigenvalue weighted by Gasteiger charge is 2.25. The first-order valence-electron chi connectivity index (χ1n) is 8.05. The summed E-state index contributed by atoms with van der Waals surface area (Å²) in [6, 6.07) is 8.26. The number of nitrogens with one attached hydrogen (secondary N) is 2. The zero-order valence-corrected chi connectivity index (χ0v) is 14.0. The number of hydrogen-bond donors (Lipinski definition) is 2. The molecule has 0 spiro atoms. The van der Waals surface area contributed by atoms with E-state index in [-0.39, 0.29) is 11.2 Å². The number of thioether (sulfide) groups is 1. The number of nitrogens with zero attached hydrogens (tertiary/aromatic N) is 1. The molecule has 1 heterocycles. The van der Waals surface area contributed by atoms with Gasteiger partial charge in [0.2, 0.25) is 5.91 Å². The Morgan fingerprint density at radius 3 is 2.91 bits per heavy atom. The van der Waals surface area contributed by atoms with Gasteiger partial charge in [0, 0.05) is 6.04 Å². The molecule has 0 radical (unpaired) electrons. The molecule has 4 nitrogen and oxygen atoms in total. The average Bonchev–Trinajstić information content (AvgIpc) is 2.91. The summed E-state index contributed by atoms with van der Waals surface area (Å²) < 4.78 is 0. The van der Waals surface area contributed by atoms with Gasteiger partial charge in [-0.25, -0.2) is 4.98 Å². The molecule has 22 heavy (non-hydrogen) atoms. The highest BCUT2D eigenvalue weighted by atomic mass is 32.2. The van der Waals surface area contributed by atoms with Crippen molar-refractivity contribution in [1.82, 2.24) is 15.3 Å². The highest BCUT2D eigenvalue weighted by Crippen LogP contribution is 2.26. The van der Waals surface area contributed by atoms with Crippen molar-refractivity contribution in [2.45, 2.75) is 56.0 Å². The van der Waals surface area contributed by atoms with E-state index in [2.05, 4.69) is 22.2 Å². The smallest absolute Gasteiger partial charge is 0.233 e. The maximum absolute atomic E-state index is 12.4. The fourth-order valence-electron chi connectivity index (χ4n) is 3.04. The van der Waals surface area contributed by atoms with E-state index in [4.69, 9.17) is 0 Å². The molecule has 1 aliphatic rings. The Morgan fingerprint density at radius 2 is 2.14 bits per heavy atom. The zero-order chi connectivity index (χ0) is 15.5. The summed E-state index contributed by atoms with van der Waals surface area (Å²) in [6.45, 7) is 4.18. The fraction of sp³-hybridized carbons (Fsp3) is 0.529. The predicted molar refractivity (Wildman–Crippen MR) is 91.0 cm³/mol. The summed E-state index contributed by atoms with van der Waals surface area (Å²) in [5.74, 6) is 0.699. The first-order valence-corrected chi connectivity index (χ1v) is 8.93. The summed E-state index contributed by atoms with van der Waals surface area (Å²) >= 11 is 1.49. The lowest BCUT2D eigenvalue weighted by atomic mass is 9.86. The summed E-state index contributed by atoms with van der Waals surface area (Å²) in [5.41, 5.74) is 1.96. The minimum absolute atomic E-state index is 0.115. The molecule has 1 aromatic carbocycles. The van der Waals surface area contributed by atoms with Crippen LogP contribution in [0.2, 0.25) is 0 Å². The molecule has 5 heteroatoms. The number of rotatable bonds is 4. The van der Waals surface area contributed by atoms with Gasteiger partial charge in [0.15, 0.2) is 5.16 Å². The van der Waals surface area contributed by atoms with E-state index >= 15 is 0 Å². The van der Waals surface area contributed by atoms with E-state index in [0.29, 0.717) is 12.0 Å². The van der Waals surface area contributed by atoms with E-state index in [9.17, 15) is 4.79 Å². The Kier molecular flexibility index (Phi) is 4.71. The van der Waals surface area contributed by atoms with Crippen molar-refractivity contribution in [2.75, 3.05) is 0 Å². The molecule has 1 fully saturated rings. The SMILES string of the molecule is C[C@H](Sc1nc2ccccc2[nH]1)C(=O)N[C@@H]1CCCC[C@H]1C. The lowest BCUT2D eigenvalue weighted by Gasteiger charge is -2.30. The minimum Gasteiger partial charge on any atom is -0.352 e. The lowest BCUT2D eigenvalue weighted by Crippen LogP contribution is -2.44. The molecule has 1 saturated carbocycles. The van der Waals surface area contributed by atoms with Crippen molar-refractivity contribution < 1.29 is 4.79 Å². The van der Waals surface area contributed by atoms with Crippen LogP contribution in [0.15, 0.2) is 29.4 Å². The van der Waals surface area contributed by atoms with Crippen LogP contribution in [0.3, 0.4) is 0 Å². The number of aromatic nitrogens is 2. The monoisotopic (exact) mass is 317 g/mol. The number of imidazole rings is 1. The van der Waals surface area contributed by atoms with Gasteiger partial charge >= 0.3 is 0 Å². The van der Waals surface area contributed by atoms with E-state index in [1.54, 1.807) is 0 Å². The molecule has 0 saturated heterocycles. The van der Waals surface area contributed by atoms with Crippen LogP contribution in [-0.4, -0.2) is 27.2 Å². The number of aromatic amines is 1. The predicted octanol–water partition coefficient (Wildman–Crippen LogP) is 3.74. The number of amides is 1. The zero-order valence-electron chi connectivity index (χ0n) is 13.1. The van der Waals surface area contributed by atoms with Crippen molar-refractivity contribution in [3.8, 4) is 0 Å². The van der Waals surface area contributed by atoms with Crippen LogP contribution in [0, 0.1) is 5.92 Å². The van der Waals surface area contributed by atoms with Crippen molar-refractivity contribution >= 4 is 28.7 Å². The largest absolute Gasteiger partial charge is 0.352 e. The van der Waals surface area contributed by atoms with E-state index < -0.39 is 0 Å². The van der Waals surface area contributed by atoms with Gasteiger partial charge < -0.3 is 10.3 Å². The molecule has 0 bridgehead atoms. The van der Waals surface area contributed by atoms with Crippen molar-refractivity contribution in [2.24, 2.45) is 5.92 Å². The van der Waals surface area contributed by atoms with E-state index in [0.717, 1.165) is 22.6 Å². The molecule has 1 aliphatic carbocycles. The van der Waals surface area contributed by atoms with Crippen LogP contribution in [-0.2, 0) is 4.79 Å². The van der Waals surface area contributed by atoms with Gasteiger partial charge in [-0.2, -0.15) is 0 Å². The van der Waals surface area contributed by atoms with Crippen LogP contribution >= 0.6 is 11.8 Å². The minimum atomic E-state index is -0.144. The van der Waals surface area contributed by atoms with Crippen molar-refractivity contribution in [3.05, 3.63) is 24.3 Å².